The number of carbonyl (C=O) groups excluding carboxylic acids is 2. The highest BCUT2D eigenvalue weighted by atomic mass is 32.2. The van der Waals surface area contributed by atoms with Gasteiger partial charge in [-0.05, 0) is 48.0 Å². The normalized spacial score (nSPS) is 10.5. The van der Waals surface area contributed by atoms with E-state index < -0.39 is 17.5 Å². The van der Waals surface area contributed by atoms with Crippen LogP contribution in [0.2, 0.25) is 0 Å². The SMILES string of the molecule is O=C(CCNC(=O)c1ccc(F)cc1F)Nc1ccc(SCc2cccnc2)cc1. The predicted octanol–water partition coefficient (Wildman–Crippen LogP) is 4.41. The topological polar surface area (TPSA) is 71.1 Å². The molecule has 1 aromatic heterocycles. The minimum Gasteiger partial charge on any atom is -0.351 e. The monoisotopic (exact) mass is 427 g/mol. The number of hydrogen-bond acceptors (Lipinski definition) is 4. The van der Waals surface area contributed by atoms with Crippen LogP contribution in [0.25, 0.3) is 0 Å². The molecular weight excluding hydrogens is 408 g/mol. The van der Waals surface area contributed by atoms with Gasteiger partial charge >= 0.3 is 0 Å². The summed E-state index contributed by atoms with van der Waals surface area (Å²) in [5, 5.41) is 5.19. The summed E-state index contributed by atoms with van der Waals surface area (Å²) in [5.74, 6) is -1.89. The van der Waals surface area contributed by atoms with E-state index in [-0.39, 0.29) is 24.4 Å². The van der Waals surface area contributed by atoms with Crippen molar-refractivity contribution in [2.45, 2.75) is 17.1 Å². The average molecular weight is 427 g/mol. The summed E-state index contributed by atoms with van der Waals surface area (Å²) in [6, 6.07) is 14.0. The standard InChI is InChI=1S/C22H19F2N3O2S/c23-16-3-8-19(20(24)12-16)22(29)26-11-9-21(28)27-17-4-6-18(7-5-17)30-14-15-2-1-10-25-13-15/h1-8,10,12-13H,9,11,14H2,(H,26,29)(H,27,28). The fourth-order valence-electron chi connectivity index (χ4n) is 2.57. The summed E-state index contributed by atoms with van der Waals surface area (Å²) in [4.78, 5) is 29.1. The van der Waals surface area contributed by atoms with Gasteiger partial charge in [0.2, 0.25) is 5.91 Å². The number of nitrogens with zero attached hydrogens (tertiary/aromatic N) is 1. The molecule has 0 saturated carbocycles. The maximum atomic E-state index is 13.6. The molecule has 0 radical (unpaired) electrons. The van der Waals surface area contributed by atoms with Crippen molar-refractivity contribution in [3.05, 3.63) is 89.8 Å². The van der Waals surface area contributed by atoms with E-state index >= 15 is 0 Å². The van der Waals surface area contributed by atoms with Crippen molar-refractivity contribution in [3.63, 3.8) is 0 Å². The first kappa shape index (κ1) is 21.4. The summed E-state index contributed by atoms with van der Waals surface area (Å²) in [5.41, 5.74) is 1.50. The zero-order valence-electron chi connectivity index (χ0n) is 15.9. The van der Waals surface area contributed by atoms with Gasteiger partial charge in [-0.25, -0.2) is 8.78 Å². The third-order valence-corrected chi connectivity index (χ3v) is 5.16. The first-order valence-corrected chi connectivity index (χ1v) is 10.1. The van der Waals surface area contributed by atoms with Crippen LogP contribution in [0.1, 0.15) is 22.3 Å². The molecule has 2 N–H and O–H groups in total. The summed E-state index contributed by atoms with van der Waals surface area (Å²) >= 11 is 1.66. The lowest BCUT2D eigenvalue weighted by atomic mass is 10.2. The van der Waals surface area contributed by atoms with Crippen LogP contribution in [0.4, 0.5) is 14.5 Å². The summed E-state index contributed by atoms with van der Waals surface area (Å²) in [6.07, 6.45) is 3.58. The van der Waals surface area contributed by atoms with Crippen molar-refractivity contribution in [1.29, 1.82) is 0 Å². The number of aromatic nitrogens is 1. The van der Waals surface area contributed by atoms with Crippen LogP contribution in [0.5, 0.6) is 0 Å². The molecule has 3 rings (SSSR count). The molecule has 154 valence electrons. The number of nitrogens with one attached hydrogen (secondary N) is 2. The number of anilines is 1. The molecule has 0 aliphatic heterocycles. The number of hydrogen-bond donors (Lipinski definition) is 2. The molecule has 2 amide bonds. The fourth-order valence-corrected chi connectivity index (χ4v) is 3.40. The maximum absolute atomic E-state index is 13.6. The van der Waals surface area contributed by atoms with E-state index in [0.717, 1.165) is 28.3 Å². The van der Waals surface area contributed by atoms with Gasteiger partial charge in [-0.2, -0.15) is 0 Å². The van der Waals surface area contributed by atoms with Crippen LogP contribution in [0.3, 0.4) is 0 Å². The maximum Gasteiger partial charge on any atom is 0.254 e. The number of amides is 2. The zero-order valence-corrected chi connectivity index (χ0v) is 16.7. The molecule has 0 bridgehead atoms. The van der Waals surface area contributed by atoms with Gasteiger partial charge in [0.1, 0.15) is 11.6 Å². The molecule has 0 unspecified atom stereocenters. The first-order chi connectivity index (χ1) is 14.5. The second-order valence-corrected chi connectivity index (χ2v) is 7.40. The Morgan fingerprint density at radius 3 is 2.53 bits per heavy atom. The Kier molecular flexibility index (Phi) is 7.51. The molecule has 8 heteroatoms. The first-order valence-electron chi connectivity index (χ1n) is 9.16. The number of halogens is 2. The molecule has 0 fully saturated rings. The van der Waals surface area contributed by atoms with E-state index in [9.17, 15) is 18.4 Å². The van der Waals surface area contributed by atoms with Gasteiger partial charge in [0, 0.05) is 47.8 Å². The largest absolute Gasteiger partial charge is 0.351 e. The quantitative estimate of drug-likeness (QED) is 0.523. The average Bonchev–Trinajstić information content (AvgIpc) is 2.74. The summed E-state index contributed by atoms with van der Waals surface area (Å²) in [7, 11) is 0. The van der Waals surface area contributed by atoms with Crippen molar-refractivity contribution in [1.82, 2.24) is 10.3 Å². The zero-order chi connectivity index (χ0) is 21.3. The number of rotatable bonds is 8. The molecule has 0 spiro atoms. The van der Waals surface area contributed by atoms with E-state index in [0.29, 0.717) is 11.8 Å². The lowest BCUT2D eigenvalue weighted by Crippen LogP contribution is -2.28. The third-order valence-electron chi connectivity index (χ3n) is 4.08. The number of pyridine rings is 1. The van der Waals surface area contributed by atoms with Crippen LogP contribution in [-0.2, 0) is 10.5 Å². The highest BCUT2D eigenvalue weighted by molar-refractivity contribution is 7.98. The van der Waals surface area contributed by atoms with E-state index in [4.69, 9.17) is 0 Å². The summed E-state index contributed by atoms with van der Waals surface area (Å²) in [6.45, 7) is 0.0283. The predicted molar refractivity (Wildman–Crippen MR) is 112 cm³/mol. The second-order valence-electron chi connectivity index (χ2n) is 6.35. The summed E-state index contributed by atoms with van der Waals surface area (Å²) < 4.78 is 26.5. The minimum atomic E-state index is -0.946. The van der Waals surface area contributed by atoms with Crippen LogP contribution in [0, 0.1) is 11.6 Å². The number of carbonyl (C=O) groups is 2. The fraction of sp³-hybridized carbons (Fsp3) is 0.136. The Morgan fingerprint density at radius 2 is 1.83 bits per heavy atom. The highest BCUT2D eigenvalue weighted by Gasteiger charge is 2.12. The van der Waals surface area contributed by atoms with Crippen LogP contribution in [-0.4, -0.2) is 23.3 Å². The Bertz CT molecular complexity index is 1010. The second kappa shape index (κ2) is 10.5. The number of benzene rings is 2. The van der Waals surface area contributed by atoms with Crippen LogP contribution >= 0.6 is 11.8 Å². The van der Waals surface area contributed by atoms with Gasteiger partial charge in [-0.1, -0.05) is 6.07 Å². The molecule has 5 nitrogen and oxygen atoms in total. The Balaban J connectivity index is 1.41. The molecule has 0 atom stereocenters. The lowest BCUT2D eigenvalue weighted by molar-refractivity contribution is -0.116. The molecule has 0 aliphatic rings. The lowest BCUT2D eigenvalue weighted by Gasteiger charge is -2.08. The smallest absolute Gasteiger partial charge is 0.254 e. The van der Waals surface area contributed by atoms with Gasteiger partial charge < -0.3 is 10.6 Å². The van der Waals surface area contributed by atoms with Gasteiger partial charge in [-0.15, -0.1) is 11.8 Å². The highest BCUT2D eigenvalue weighted by Crippen LogP contribution is 2.24. The molecule has 0 saturated heterocycles. The van der Waals surface area contributed by atoms with Crippen LogP contribution in [0.15, 0.2) is 71.9 Å². The van der Waals surface area contributed by atoms with Crippen molar-refractivity contribution >= 4 is 29.3 Å². The van der Waals surface area contributed by atoms with Crippen molar-refractivity contribution in [2.75, 3.05) is 11.9 Å². The van der Waals surface area contributed by atoms with Gasteiger partial charge in [0.15, 0.2) is 0 Å². The van der Waals surface area contributed by atoms with Crippen molar-refractivity contribution in [3.8, 4) is 0 Å². The van der Waals surface area contributed by atoms with E-state index in [1.54, 1.807) is 30.1 Å². The van der Waals surface area contributed by atoms with Gasteiger partial charge in [0.25, 0.3) is 5.91 Å². The third kappa shape index (κ3) is 6.38. The molecule has 30 heavy (non-hydrogen) atoms. The van der Waals surface area contributed by atoms with Crippen LogP contribution < -0.4 is 10.6 Å². The van der Waals surface area contributed by atoms with E-state index in [1.807, 2.05) is 30.5 Å². The molecule has 2 aromatic carbocycles. The van der Waals surface area contributed by atoms with E-state index in [2.05, 4.69) is 15.6 Å². The molecule has 1 heterocycles. The molecule has 0 aliphatic carbocycles. The number of thioether (sulfide) groups is 1. The van der Waals surface area contributed by atoms with Gasteiger partial charge in [-0.3, -0.25) is 14.6 Å². The minimum absolute atomic E-state index is 0.0199. The Hall–Kier alpha value is -3.26. The molecular formula is C22H19F2N3O2S. The van der Waals surface area contributed by atoms with Crippen molar-refractivity contribution < 1.29 is 18.4 Å². The van der Waals surface area contributed by atoms with Gasteiger partial charge in [0.05, 0.1) is 5.56 Å². The Labute approximate surface area is 176 Å². The Morgan fingerprint density at radius 1 is 1.03 bits per heavy atom. The molecule has 3 aromatic rings. The van der Waals surface area contributed by atoms with E-state index in [1.165, 1.54) is 0 Å². The van der Waals surface area contributed by atoms with Crippen molar-refractivity contribution in [2.24, 2.45) is 0 Å².